The first-order valence-corrected chi connectivity index (χ1v) is 9.89. The standard InChI is InChI=1S/C22H24N4O2/c1-24-14-18-17(21(24)27)7-4-8-19(18)23-22(28)25-10-5-11-26-16(13-25)12-15-6-2-3-9-20(15)26/h2-4,6-9,16H,5,10-14H2,1H3,(H,23,28)/t16-/m1/s1. The van der Waals surface area contributed by atoms with Crippen molar-refractivity contribution in [2.24, 2.45) is 0 Å². The quantitative estimate of drug-likeness (QED) is 0.833. The van der Waals surface area contributed by atoms with Gasteiger partial charge in [0.05, 0.1) is 6.04 Å². The van der Waals surface area contributed by atoms with Crippen molar-refractivity contribution in [1.29, 1.82) is 0 Å². The molecule has 3 amide bonds. The van der Waals surface area contributed by atoms with Crippen LogP contribution in [0.15, 0.2) is 42.5 Å². The minimum Gasteiger partial charge on any atom is -0.366 e. The summed E-state index contributed by atoms with van der Waals surface area (Å²) in [5.41, 5.74) is 5.03. The predicted octanol–water partition coefficient (Wildman–Crippen LogP) is 2.94. The lowest BCUT2D eigenvalue weighted by atomic mass is 10.1. The summed E-state index contributed by atoms with van der Waals surface area (Å²) < 4.78 is 0. The summed E-state index contributed by atoms with van der Waals surface area (Å²) in [4.78, 5) is 31.3. The number of carbonyl (C=O) groups excluding carboxylic acids is 2. The third-order valence-electron chi connectivity index (χ3n) is 6.13. The molecule has 2 aromatic carbocycles. The molecule has 5 rings (SSSR count). The Kier molecular flexibility index (Phi) is 4.00. The van der Waals surface area contributed by atoms with Crippen molar-refractivity contribution in [2.75, 3.05) is 36.9 Å². The molecule has 1 saturated heterocycles. The first-order valence-electron chi connectivity index (χ1n) is 9.89. The van der Waals surface area contributed by atoms with Gasteiger partial charge in [-0.2, -0.15) is 0 Å². The van der Waals surface area contributed by atoms with Crippen LogP contribution in [-0.2, 0) is 13.0 Å². The zero-order chi connectivity index (χ0) is 19.3. The van der Waals surface area contributed by atoms with Crippen molar-refractivity contribution in [3.05, 3.63) is 59.2 Å². The van der Waals surface area contributed by atoms with Gasteiger partial charge >= 0.3 is 6.03 Å². The van der Waals surface area contributed by atoms with E-state index in [1.54, 1.807) is 11.9 Å². The van der Waals surface area contributed by atoms with Crippen LogP contribution < -0.4 is 10.2 Å². The van der Waals surface area contributed by atoms with E-state index in [0.29, 0.717) is 24.7 Å². The van der Waals surface area contributed by atoms with Crippen molar-refractivity contribution in [3.8, 4) is 0 Å². The normalized spacial score (nSPS) is 20.5. The van der Waals surface area contributed by atoms with Crippen molar-refractivity contribution in [1.82, 2.24) is 9.80 Å². The molecule has 1 atom stereocenters. The zero-order valence-corrected chi connectivity index (χ0v) is 16.0. The fourth-order valence-corrected chi connectivity index (χ4v) is 4.74. The number of hydrogen-bond acceptors (Lipinski definition) is 3. The first kappa shape index (κ1) is 17.1. The Morgan fingerprint density at radius 1 is 1.11 bits per heavy atom. The van der Waals surface area contributed by atoms with Gasteiger partial charge in [-0.25, -0.2) is 4.79 Å². The molecule has 3 aliphatic heterocycles. The molecule has 0 unspecified atom stereocenters. The molecule has 6 heteroatoms. The van der Waals surface area contributed by atoms with Crippen molar-refractivity contribution in [3.63, 3.8) is 0 Å². The van der Waals surface area contributed by atoms with E-state index in [2.05, 4.69) is 34.5 Å². The highest BCUT2D eigenvalue weighted by Crippen LogP contribution is 2.34. The van der Waals surface area contributed by atoms with E-state index in [4.69, 9.17) is 0 Å². The minimum atomic E-state index is -0.0757. The third-order valence-corrected chi connectivity index (χ3v) is 6.13. The second kappa shape index (κ2) is 6.55. The molecule has 28 heavy (non-hydrogen) atoms. The van der Waals surface area contributed by atoms with Gasteiger partial charge in [-0.15, -0.1) is 0 Å². The van der Waals surface area contributed by atoms with Gasteiger partial charge in [-0.1, -0.05) is 24.3 Å². The maximum atomic E-state index is 13.0. The molecule has 1 N–H and O–H groups in total. The Hall–Kier alpha value is -3.02. The maximum absolute atomic E-state index is 13.0. The van der Waals surface area contributed by atoms with E-state index in [0.717, 1.165) is 37.2 Å². The van der Waals surface area contributed by atoms with E-state index in [-0.39, 0.29) is 11.9 Å². The Morgan fingerprint density at radius 3 is 2.86 bits per heavy atom. The smallest absolute Gasteiger partial charge is 0.321 e. The highest BCUT2D eigenvalue weighted by molar-refractivity contribution is 6.01. The van der Waals surface area contributed by atoms with E-state index in [1.165, 1.54) is 11.3 Å². The van der Waals surface area contributed by atoms with Crippen LogP contribution in [0, 0.1) is 0 Å². The number of benzene rings is 2. The molecule has 0 radical (unpaired) electrons. The number of amides is 3. The molecule has 0 aliphatic carbocycles. The van der Waals surface area contributed by atoms with E-state index in [1.807, 2.05) is 23.1 Å². The average Bonchev–Trinajstić information content (AvgIpc) is 3.10. The van der Waals surface area contributed by atoms with Crippen LogP contribution in [0.4, 0.5) is 16.2 Å². The van der Waals surface area contributed by atoms with Gasteiger partial charge in [0.25, 0.3) is 5.91 Å². The topological polar surface area (TPSA) is 55.9 Å². The summed E-state index contributed by atoms with van der Waals surface area (Å²) in [5, 5.41) is 3.07. The molecule has 0 spiro atoms. The Bertz CT molecular complexity index is 957. The summed E-state index contributed by atoms with van der Waals surface area (Å²) in [5.74, 6) is 0.0141. The molecule has 2 aromatic rings. The lowest BCUT2D eigenvalue weighted by Gasteiger charge is -2.27. The maximum Gasteiger partial charge on any atom is 0.321 e. The van der Waals surface area contributed by atoms with Gasteiger partial charge in [0.2, 0.25) is 0 Å². The van der Waals surface area contributed by atoms with Gasteiger partial charge in [0.15, 0.2) is 0 Å². The second-order valence-corrected chi connectivity index (χ2v) is 7.90. The van der Waals surface area contributed by atoms with Gasteiger partial charge in [-0.3, -0.25) is 4.79 Å². The molecule has 1 fully saturated rings. The van der Waals surface area contributed by atoms with Crippen molar-refractivity contribution < 1.29 is 9.59 Å². The first-order chi connectivity index (χ1) is 13.6. The van der Waals surface area contributed by atoms with Gasteiger partial charge < -0.3 is 20.0 Å². The number of urea groups is 1. The SMILES string of the molecule is CN1Cc2c(NC(=O)N3CCCN4c5ccccc5C[C@@H]4C3)cccc2C1=O. The van der Waals surface area contributed by atoms with E-state index < -0.39 is 0 Å². The van der Waals surface area contributed by atoms with E-state index in [9.17, 15) is 9.59 Å². The summed E-state index contributed by atoms with van der Waals surface area (Å²) in [6.45, 7) is 2.98. The number of anilines is 2. The number of para-hydroxylation sites is 1. The molecule has 0 aromatic heterocycles. The number of rotatable bonds is 1. The van der Waals surface area contributed by atoms with Gasteiger partial charge in [0, 0.05) is 55.7 Å². The van der Waals surface area contributed by atoms with Crippen LogP contribution in [-0.4, -0.2) is 54.5 Å². The van der Waals surface area contributed by atoms with Crippen LogP contribution in [0.5, 0.6) is 0 Å². The van der Waals surface area contributed by atoms with Gasteiger partial charge in [-0.05, 0) is 36.6 Å². The monoisotopic (exact) mass is 376 g/mol. The van der Waals surface area contributed by atoms with Crippen molar-refractivity contribution in [2.45, 2.75) is 25.4 Å². The van der Waals surface area contributed by atoms with Crippen LogP contribution >= 0.6 is 0 Å². The second-order valence-electron chi connectivity index (χ2n) is 7.90. The minimum absolute atomic E-state index is 0.0141. The summed E-state index contributed by atoms with van der Waals surface area (Å²) in [7, 11) is 1.79. The fraction of sp³-hybridized carbons (Fsp3) is 0.364. The van der Waals surface area contributed by atoms with E-state index >= 15 is 0 Å². The number of hydrogen-bond donors (Lipinski definition) is 1. The lowest BCUT2D eigenvalue weighted by Crippen LogP contribution is -2.43. The van der Waals surface area contributed by atoms with Crippen LogP contribution in [0.25, 0.3) is 0 Å². The Balaban J connectivity index is 1.33. The number of carbonyl (C=O) groups is 2. The average molecular weight is 376 g/mol. The molecule has 144 valence electrons. The highest BCUT2D eigenvalue weighted by atomic mass is 16.2. The molecule has 3 aliphatic rings. The molecule has 6 nitrogen and oxygen atoms in total. The number of nitrogens with one attached hydrogen (secondary N) is 1. The molecular weight excluding hydrogens is 352 g/mol. The third kappa shape index (κ3) is 2.71. The van der Waals surface area contributed by atoms with Gasteiger partial charge in [0.1, 0.15) is 0 Å². The summed E-state index contributed by atoms with van der Waals surface area (Å²) in [6, 6.07) is 14.4. The van der Waals surface area contributed by atoms with Crippen molar-refractivity contribution >= 4 is 23.3 Å². The molecule has 0 bridgehead atoms. The summed E-state index contributed by atoms with van der Waals surface area (Å²) >= 11 is 0. The predicted molar refractivity (Wildman–Crippen MR) is 109 cm³/mol. The Labute approximate surface area is 164 Å². The fourth-order valence-electron chi connectivity index (χ4n) is 4.74. The number of fused-ring (bicyclic) bond motifs is 4. The summed E-state index contributed by atoms with van der Waals surface area (Å²) in [6.07, 6.45) is 1.94. The lowest BCUT2D eigenvalue weighted by molar-refractivity contribution is 0.0816. The van der Waals surface area contributed by atoms with Crippen LogP contribution in [0.2, 0.25) is 0 Å². The highest BCUT2D eigenvalue weighted by Gasteiger charge is 2.34. The largest absolute Gasteiger partial charge is 0.366 e. The zero-order valence-electron chi connectivity index (χ0n) is 16.0. The number of nitrogens with zero attached hydrogens (tertiary/aromatic N) is 3. The van der Waals surface area contributed by atoms with Crippen LogP contribution in [0.1, 0.15) is 27.9 Å². The molecule has 0 saturated carbocycles. The molecular formula is C22H24N4O2. The van der Waals surface area contributed by atoms with Crippen LogP contribution in [0.3, 0.4) is 0 Å². The Morgan fingerprint density at radius 2 is 1.96 bits per heavy atom. The molecule has 3 heterocycles.